The molecule has 1 N–H and O–H groups in total. The molecule has 0 aromatic heterocycles. The molecule has 0 aliphatic carbocycles. The number of hydrogen-bond donors (Lipinski definition) is 1. The predicted octanol–water partition coefficient (Wildman–Crippen LogP) is 3.67. The molecule has 0 atom stereocenters. The summed E-state index contributed by atoms with van der Waals surface area (Å²) in [6, 6.07) is 16.7. The first-order chi connectivity index (χ1) is 17.2. The molecule has 10 heteroatoms. The number of ether oxygens (including phenoxy) is 3. The van der Waals surface area contributed by atoms with Crippen LogP contribution in [0.2, 0.25) is 0 Å². The molecule has 0 bridgehead atoms. The second-order valence-corrected chi connectivity index (χ2v) is 9.73. The molecular formula is C26H29N3O6S. The summed E-state index contributed by atoms with van der Waals surface area (Å²) >= 11 is 0. The molecule has 0 aliphatic heterocycles. The van der Waals surface area contributed by atoms with E-state index in [-0.39, 0.29) is 4.90 Å². The van der Waals surface area contributed by atoms with Crippen molar-refractivity contribution in [3.63, 3.8) is 0 Å². The number of nitrogens with one attached hydrogen (secondary N) is 1. The fourth-order valence-corrected chi connectivity index (χ4v) is 5.13. The molecule has 0 radical (unpaired) electrons. The average Bonchev–Trinajstić information content (AvgIpc) is 2.87. The fraction of sp³-hybridized carbons (Fsp3) is 0.231. The smallest absolute Gasteiger partial charge is 0.264 e. The maximum atomic E-state index is 13.5. The Morgan fingerprint density at radius 2 is 1.58 bits per heavy atom. The van der Waals surface area contributed by atoms with Crippen molar-refractivity contribution < 1.29 is 27.4 Å². The molecule has 1 amide bonds. The molecule has 0 saturated heterocycles. The molecule has 3 aromatic rings. The minimum atomic E-state index is -4.01. The summed E-state index contributed by atoms with van der Waals surface area (Å²) in [4.78, 5) is 12.9. The molecule has 36 heavy (non-hydrogen) atoms. The lowest BCUT2D eigenvalue weighted by molar-refractivity contribution is -0.119. The second-order valence-electron chi connectivity index (χ2n) is 7.87. The standard InChI is InChI=1S/C26H29N3O6S/c1-18-11-12-22(19(2)13-18)29(36(31,32)21-9-7-6-8-10-21)17-25(30)28-27-16-20-14-23(33-3)26(35-5)24(15-20)34-4/h6-16H,17H2,1-5H3,(H,28,30)/b27-16+. The highest BCUT2D eigenvalue weighted by molar-refractivity contribution is 7.92. The van der Waals surface area contributed by atoms with Crippen molar-refractivity contribution in [3.05, 3.63) is 77.4 Å². The van der Waals surface area contributed by atoms with Gasteiger partial charge in [-0.3, -0.25) is 9.10 Å². The molecule has 0 heterocycles. The first-order valence-corrected chi connectivity index (χ1v) is 12.4. The van der Waals surface area contributed by atoms with Crippen LogP contribution in [0.5, 0.6) is 17.2 Å². The van der Waals surface area contributed by atoms with Crippen LogP contribution < -0.4 is 23.9 Å². The molecular weight excluding hydrogens is 482 g/mol. The summed E-state index contributed by atoms with van der Waals surface area (Å²) in [6.07, 6.45) is 1.40. The molecule has 3 rings (SSSR count). The van der Waals surface area contributed by atoms with Crippen molar-refractivity contribution in [2.75, 3.05) is 32.2 Å². The number of hydrogen-bond acceptors (Lipinski definition) is 7. The quantitative estimate of drug-likeness (QED) is 0.329. The van der Waals surface area contributed by atoms with Gasteiger partial charge in [0.15, 0.2) is 11.5 Å². The van der Waals surface area contributed by atoms with Crippen molar-refractivity contribution in [3.8, 4) is 17.2 Å². The van der Waals surface area contributed by atoms with Crippen LogP contribution >= 0.6 is 0 Å². The van der Waals surface area contributed by atoms with Gasteiger partial charge in [-0.25, -0.2) is 13.8 Å². The van der Waals surface area contributed by atoms with E-state index in [4.69, 9.17) is 14.2 Å². The number of anilines is 1. The molecule has 0 unspecified atom stereocenters. The van der Waals surface area contributed by atoms with Gasteiger partial charge in [0, 0.05) is 5.56 Å². The van der Waals surface area contributed by atoms with Gasteiger partial charge in [0.2, 0.25) is 5.75 Å². The minimum Gasteiger partial charge on any atom is -0.493 e. The predicted molar refractivity (Wildman–Crippen MR) is 139 cm³/mol. The molecule has 0 aliphatic rings. The lowest BCUT2D eigenvalue weighted by Gasteiger charge is -2.25. The number of carbonyl (C=O) groups is 1. The fourth-order valence-electron chi connectivity index (χ4n) is 3.63. The third kappa shape index (κ3) is 5.95. The Kier molecular flexibility index (Phi) is 8.55. The zero-order valence-corrected chi connectivity index (χ0v) is 21.6. The number of rotatable bonds is 10. The van der Waals surface area contributed by atoms with Crippen molar-refractivity contribution >= 4 is 27.8 Å². The van der Waals surface area contributed by atoms with Crippen molar-refractivity contribution in [2.45, 2.75) is 18.7 Å². The van der Waals surface area contributed by atoms with Crippen LogP contribution in [-0.4, -0.2) is 48.4 Å². The molecule has 3 aromatic carbocycles. The van der Waals surface area contributed by atoms with Crippen molar-refractivity contribution in [1.82, 2.24) is 5.43 Å². The highest BCUT2D eigenvalue weighted by Crippen LogP contribution is 2.37. The van der Waals surface area contributed by atoms with E-state index in [1.165, 1.54) is 39.7 Å². The van der Waals surface area contributed by atoms with Crippen LogP contribution in [0.3, 0.4) is 0 Å². The van der Waals surface area contributed by atoms with Crippen molar-refractivity contribution in [1.29, 1.82) is 0 Å². The second kappa shape index (κ2) is 11.6. The van der Waals surface area contributed by atoms with Gasteiger partial charge in [-0.1, -0.05) is 35.9 Å². The summed E-state index contributed by atoms with van der Waals surface area (Å²) in [6.45, 7) is 3.25. The van der Waals surface area contributed by atoms with E-state index >= 15 is 0 Å². The van der Waals surface area contributed by atoms with E-state index in [0.717, 1.165) is 15.4 Å². The number of hydrazone groups is 1. The summed E-state index contributed by atoms with van der Waals surface area (Å²) in [5.41, 5.74) is 5.09. The van der Waals surface area contributed by atoms with Gasteiger partial charge in [0.1, 0.15) is 6.54 Å². The third-order valence-electron chi connectivity index (χ3n) is 5.33. The summed E-state index contributed by atoms with van der Waals surface area (Å²) in [7, 11) is 0.475. The Hall–Kier alpha value is -4.05. The normalized spacial score (nSPS) is 11.2. The van der Waals surface area contributed by atoms with Gasteiger partial charge in [-0.15, -0.1) is 0 Å². The van der Waals surface area contributed by atoms with Crippen LogP contribution in [0.15, 0.2) is 70.7 Å². The number of carbonyl (C=O) groups excluding carboxylic acids is 1. The van der Waals surface area contributed by atoms with Crippen LogP contribution in [0.1, 0.15) is 16.7 Å². The maximum absolute atomic E-state index is 13.5. The Bertz CT molecular complexity index is 1330. The molecule has 0 fully saturated rings. The van der Waals surface area contributed by atoms with Crippen LogP contribution in [0, 0.1) is 13.8 Å². The highest BCUT2D eigenvalue weighted by Gasteiger charge is 2.28. The lowest BCUT2D eigenvalue weighted by Crippen LogP contribution is -2.40. The zero-order chi connectivity index (χ0) is 26.3. The van der Waals surface area contributed by atoms with E-state index in [1.54, 1.807) is 49.4 Å². The Morgan fingerprint density at radius 3 is 2.14 bits per heavy atom. The summed E-state index contributed by atoms with van der Waals surface area (Å²) < 4.78 is 44.0. The van der Waals surface area contributed by atoms with Crippen LogP contribution in [-0.2, 0) is 14.8 Å². The van der Waals surface area contributed by atoms with Crippen LogP contribution in [0.4, 0.5) is 5.69 Å². The number of nitrogens with zero attached hydrogens (tertiary/aromatic N) is 2. The maximum Gasteiger partial charge on any atom is 0.264 e. The summed E-state index contributed by atoms with van der Waals surface area (Å²) in [5.74, 6) is 0.675. The Labute approximate surface area is 211 Å². The van der Waals surface area contributed by atoms with E-state index in [0.29, 0.717) is 28.5 Å². The van der Waals surface area contributed by atoms with E-state index in [9.17, 15) is 13.2 Å². The van der Waals surface area contributed by atoms with Gasteiger partial charge < -0.3 is 14.2 Å². The van der Waals surface area contributed by atoms with Gasteiger partial charge in [-0.05, 0) is 49.7 Å². The van der Waals surface area contributed by atoms with E-state index in [2.05, 4.69) is 10.5 Å². The molecule has 9 nitrogen and oxygen atoms in total. The van der Waals surface area contributed by atoms with Gasteiger partial charge in [0.05, 0.1) is 38.1 Å². The van der Waals surface area contributed by atoms with E-state index in [1.807, 2.05) is 13.0 Å². The monoisotopic (exact) mass is 511 g/mol. The zero-order valence-electron chi connectivity index (χ0n) is 20.8. The highest BCUT2D eigenvalue weighted by atomic mass is 32.2. The van der Waals surface area contributed by atoms with Gasteiger partial charge in [-0.2, -0.15) is 5.10 Å². The van der Waals surface area contributed by atoms with E-state index < -0.39 is 22.5 Å². The summed E-state index contributed by atoms with van der Waals surface area (Å²) in [5, 5.41) is 3.99. The van der Waals surface area contributed by atoms with Gasteiger partial charge >= 0.3 is 0 Å². The molecule has 0 spiro atoms. The number of aryl methyl sites for hydroxylation is 2. The molecule has 190 valence electrons. The minimum absolute atomic E-state index is 0.0821. The first-order valence-electron chi connectivity index (χ1n) is 11.0. The Morgan fingerprint density at radius 1 is 0.944 bits per heavy atom. The SMILES string of the molecule is COc1cc(/C=N/NC(=O)CN(c2ccc(C)cc2C)S(=O)(=O)c2ccccc2)cc(OC)c1OC. The Balaban J connectivity index is 1.86. The van der Waals surface area contributed by atoms with Gasteiger partial charge in [0.25, 0.3) is 15.9 Å². The average molecular weight is 512 g/mol. The molecule has 0 saturated carbocycles. The lowest BCUT2D eigenvalue weighted by atomic mass is 10.1. The first kappa shape index (κ1) is 26.6. The number of amides is 1. The number of sulfonamides is 1. The largest absolute Gasteiger partial charge is 0.493 e. The van der Waals surface area contributed by atoms with Crippen LogP contribution in [0.25, 0.3) is 0 Å². The topological polar surface area (TPSA) is 107 Å². The number of benzene rings is 3. The third-order valence-corrected chi connectivity index (χ3v) is 7.10. The van der Waals surface area contributed by atoms with Crippen molar-refractivity contribution in [2.24, 2.45) is 5.10 Å². The number of methoxy groups -OCH3 is 3.